The number of aromatic nitrogens is 1. The number of aromatic amines is 1. The van der Waals surface area contributed by atoms with Crippen LogP contribution >= 0.6 is 0 Å². The summed E-state index contributed by atoms with van der Waals surface area (Å²) in [4.78, 5) is 30.0. The number of hydrogen-bond donors (Lipinski definition) is 3. The van der Waals surface area contributed by atoms with E-state index in [0.29, 0.717) is 19.4 Å². The number of amides is 2. The maximum absolute atomic E-state index is 12.7. The van der Waals surface area contributed by atoms with E-state index >= 15 is 0 Å². The molecule has 2 heterocycles. The molecule has 140 valence electrons. The number of hydrogen-bond acceptors (Lipinski definition) is 3. The molecule has 6 heteroatoms. The van der Waals surface area contributed by atoms with Gasteiger partial charge in [0.1, 0.15) is 6.04 Å². The highest BCUT2D eigenvalue weighted by atomic mass is 16.2. The van der Waals surface area contributed by atoms with Gasteiger partial charge in [0, 0.05) is 42.1 Å². The summed E-state index contributed by atoms with van der Waals surface area (Å²) in [6, 6.07) is 7.66. The lowest BCUT2D eigenvalue weighted by atomic mass is 10.1. The van der Waals surface area contributed by atoms with Crippen molar-refractivity contribution in [2.45, 2.75) is 57.7 Å². The highest BCUT2D eigenvalue weighted by Gasteiger charge is 2.37. The molecule has 1 aliphatic heterocycles. The topological polar surface area (TPSA) is 91.2 Å². The molecule has 2 aromatic rings. The third kappa shape index (κ3) is 4.07. The van der Waals surface area contributed by atoms with Gasteiger partial charge in [0.05, 0.1) is 0 Å². The number of rotatable bonds is 6. The standard InChI is InChI=1S/C20H28N4O2/c1-13(2)23-20(26)18-10-15(21)12-24(18)19(25)9-5-6-14-11-22-17-8-4-3-7-16(14)17/h3-4,7-8,11,13,15,18,22H,5-6,9-10,12,21H2,1-2H3,(H,23,26)/t15-,18+/m1/s1. The van der Waals surface area contributed by atoms with Crippen LogP contribution in [-0.4, -0.2) is 46.4 Å². The van der Waals surface area contributed by atoms with E-state index in [9.17, 15) is 9.59 Å². The molecular weight excluding hydrogens is 328 g/mol. The fourth-order valence-corrected chi connectivity index (χ4v) is 3.69. The zero-order valence-electron chi connectivity index (χ0n) is 15.5. The van der Waals surface area contributed by atoms with Gasteiger partial charge in [-0.05, 0) is 44.7 Å². The lowest BCUT2D eigenvalue weighted by Crippen LogP contribution is -2.47. The predicted octanol–water partition coefficient (Wildman–Crippen LogP) is 1.94. The van der Waals surface area contributed by atoms with Crippen molar-refractivity contribution < 1.29 is 9.59 Å². The Bertz CT molecular complexity index is 783. The summed E-state index contributed by atoms with van der Waals surface area (Å²) in [5.74, 6) is -0.0837. The first-order valence-electron chi connectivity index (χ1n) is 9.36. The zero-order valence-corrected chi connectivity index (χ0v) is 15.5. The highest BCUT2D eigenvalue weighted by Crippen LogP contribution is 2.22. The Morgan fingerprint density at radius 3 is 2.88 bits per heavy atom. The third-order valence-electron chi connectivity index (χ3n) is 4.90. The van der Waals surface area contributed by atoms with E-state index in [0.717, 1.165) is 18.4 Å². The molecule has 0 unspecified atom stereocenters. The molecule has 1 aliphatic rings. The number of H-pyrrole nitrogens is 1. The summed E-state index contributed by atoms with van der Waals surface area (Å²) >= 11 is 0. The van der Waals surface area contributed by atoms with E-state index in [1.54, 1.807) is 4.90 Å². The van der Waals surface area contributed by atoms with Crippen molar-refractivity contribution >= 4 is 22.7 Å². The van der Waals surface area contributed by atoms with Gasteiger partial charge in [-0.1, -0.05) is 18.2 Å². The molecule has 1 aromatic heterocycles. The van der Waals surface area contributed by atoms with Gasteiger partial charge in [-0.3, -0.25) is 9.59 Å². The van der Waals surface area contributed by atoms with Crippen LogP contribution in [0.1, 0.15) is 38.7 Å². The number of aryl methyl sites for hydroxylation is 1. The van der Waals surface area contributed by atoms with Crippen molar-refractivity contribution in [3.05, 3.63) is 36.0 Å². The van der Waals surface area contributed by atoms with E-state index in [4.69, 9.17) is 5.73 Å². The molecule has 0 saturated carbocycles. The SMILES string of the molecule is CC(C)NC(=O)[C@@H]1C[C@@H](N)CN1C(=O)CCCc1c[nH]c2ccccc12. The Hall–Kier alpha value is -2.34. The van der Waals surface area contributed by atoms with Crippen LogP contribution < -0.4 is 11.1 Å². The smallest absolute Gasteiger partial charge is 0.243 e. The van der Waals surface area contributed by atoms with Crippen LogP contribution in [0.15, 0.2) is 30.5 Å². The Labute approximate surface area is 154 Å². The second-order valence-electron chi connectivity index (χ2n) is 7.43. The van der Waals surface area contributed by atoms with Gasteiger partial charge in [-0.15, -0.1) is 0 Å². The minimum Gasteiger partial charge on any atom is -0.361 e. The molecule has 0 radical (unpaired) electrons. The average Bonchev–Trinajstić information content (AvgIpc) is 3.18. The van der Waals surface area contributed by atoms with Crippen LogP contribution in [0.4, 0.5) is 0 Å². The average molecular weight is 356 g/mol. The molecular formula is C20H28N4O2. The summed E-state index contributed by atoms with van der Waals surface area (Å²) in [5.41, 5.74) is 8.35. The van der Waals surface area contributed by atoms with Gasteiger partial charge in [-0.25, -0.2) is 0 Å². The van der Waals surface area contributed by atoms with Crippen molar-refractivity contribution in [1.29, 1.82) is 0 Å². The Morgan fingerprint density at radius 1 is 1.35 bits per heavy atom. The summed E-state index contributed by atoms with van der Waals surface area (Å²) < 4.78 is 0. The maximum Gasteiger partial charge on any atom is 0.243 e. The molecule has 2 atom stereocenters. The van der Waals surface area contributed by atoms with Crippen LogP contribution in [0.25, 0.3) is 10.9 Å². The first kappa shape index (κ1) is 18.5. The molecule has 0 bridgehead atoms. The van der Waals surface area contributed by atoms with Crippen LogP contribution in [0.2, 0.25) is 0 Å². The first-order valence-corrected chi connectivity index (χ1v) is 9.36. The Balaban J connectivity index is 1.57. The minimum atomic E-state index is -0.437. The molecule has 2 amide bonds. The second kappa shape index (κ2) is 7.91. The Morgan fingerprint density at radius 2 is 2.12 bits per heavy atom. The van der Waals surface area contributed by atoms with E-state index in [2.05, 4.69) is 16.4 Å². The van der Waals surface area contributed by atoms with Crippen molar-refractivity contribution in [2.75, 3.05) is 6.54 Å². The first-order chi connectivity index (χ1) is 12.5. The van der Waals surface area contributed by atoms with Crippen molar-refractivity contribution in [3.8, 4) is 0 Å². The van der Waals surface area contributed by atoms with Crippen LogP contribution in [0.3, 0.4) is 0 Å². The van der Waals surface area contributed by atoms with E-state index in [-0.39, 0.29) is 23.9 Å². The molecule has 3 rings (SSSR count). The number of benzene rings is 1. The lowest BCUT2D eigenvalue weighted by Gasteiger charge is -2.24. The Kier molecular flexibility index (Phi) is 5.61. The predicted molar refractivity (Wildman–Crippen MR) is 103 cm³/mol. The summed E-state index contributed by atoms with van der Waals surface area (Å²) in [6.07, 6.45) is 4.56. The van der Waals surface area contributed by atoms with Gasteiger partial charge >= 0.3 is 0 Å². The number of nitrogens with one attached hydrogen (secondary N) is 2. The van der Waals surface area contributed by atoms with Gasteiger partial charge in [0.2, 0.25) is 11.8 Å². The monoisotopic (exact) mass is 356 g/mol. The molecule has 4 N–H and O–H groups in total. The number of carbonyl (C=O) groups excluding carboxylic acids is 2. The molecule has 1 fully saturated rings. The maximum atomic E-state index is 12.7. The number of fused-ring (bicyclic) bond motifs is 1. The van der Waals surface area contributed by atoms with E-state index in [1.807, 2.05) is 38.2 Å². The molecule has 0 aliphatic carbocycles. The number of carbonyl (C=O) groups is 2. The number of nitrogens with two attached hydrogens (primary N) is 1. The van der Waals surface area contributed by atoms with Crippen molar-refractivity contribution in [1.82, 2.24) is 15.2 Å². The number of likely N-dealkylation sites (tertiary alicyclic amines) is 1. The van der Waals surface area contributed by atoms with Gasteiger partial charge in [0.25, 0.3) is 0 Å². The van der Waals surface area contributed by atoms with Crippen LogP contribution in [-0.2, 0) is 16.0 Å². The number of para-hydroxylation sites is 1. The highest BCUT2D eigenvalue weighted by molar-refractivity contribution is 5.88. The minimum absolute atomic E-state index is 0.0155. The molecule has 0 spiro atoms. The fraction of sp³-hybridized carbons (Fsp3) is 0.500. The van der Waals surface area contributed by atoms with Gasteiger partial charge in [-0.2, -0.15) is 0 Å². The van der Waals surface area contributed by atoms with E-state index < -0.39 is 6.04 Å². The molecule has 1 aromatic carbocycles. The van der Waals surface area contributed by atoms with Gasteiger partial charge < -0.3 is 20.9 Å². The summed E-state index contributed by atoms with van der Waals surface area (Å²) in [6.45, 7) is 4.29. The largest absolute Gasteiger partial charge is 0.361 e. The van der Waals surface area contributed by atoms with E-state index in [1.165, 1.54) is 10.9 Å². The summed E-state index contributed by atoms with van der Waals surface area (Å²) in [5, 5.41) is 4.10. The van der Waals surface area contributed by atoms with Gasteiger partial charge in [0.15, 0.2) is 0 Å². The fourth-order valence-electron chi connectivity index (χ4n) is 3.69. The number of nitrogens with zero attached hydrogens (tertiary/aromatic N) is 1. The third-order valence-corrected chi connectivity index (χ3v) is 4.90. The molecule has 6 nitrogen and oxygen atoms in total. The second-order valence-corrected chi connectivity index (χ2v) is 7.43. The molecule has 1 saturated heterocycles. The quantitative estimate of drug-likeness (QED) is 0.739. The summed E-state index contributed by atoms with van der Waals surface area (Å²) in [7, 11) is 0. The zero-order chi connectivity index (χ0) is 18.7. The van der Waals surface area contributed by atoms with Crippen molar-refractivity contribution in [2.24, 2.45) is 5.73 Å². The molecule has 26 heavy (non-hydrogen) atoms. The lowest BCUT2D eigenvalue weighted by molar-refractivity contribution is -0.138. The van der Waals surface area contributed by atoms with Crippen LogP contribution in [0, 0.1) is 0 Å². The van der Waals surface area contributed by atoms with Crippen molar-refractivity contribution in [3.63, 3.8) is 0 Å². The normalized spacial score (nSPS) is 20.1. The van der Waals surface area contributed by atoms with Crippen LogP contribution in [0.5, 0.6) is 0 Å².